The summed E-state index contributed by atoms with van der Waals surface area (Å²) in [6.07, 6.45) is 1.37. The van der Waals surface area contributed by atoms with E-state index in [-0.39, 0.29) is 11.3 Å². The van der Waals surface area contributed by atoms with Gasteiger partial charge >= 0.3 is 0 Å². The van der Waals surface area contributed by atoms with Gasteiger partial charge in [0, 0.05) is 11.3 Å². The van der Waals surface area contributed by atoms with Crippen molar-refractivity contribution in [1.29, 1.82) is 0 Å². The van der Waals surface area contributed by atoms with Crippen molar-refractivity contribution < 1.29 is 4.79 Å². The van der Waals surface area contributed by atoms with Crippen LogP contribution in [-0.2, 0) is 12.0 Å². The quantitative estimate of drug-likeness (QED) is 0.566. The standard InChI is InChI=1S/C23H28N4O/c1-16-19(14-25-17(2)26-15-24-6)8-7-9-21(16)27-22(28)18-10-12-20(13-11-18)23(3,4)5/h7-13,15H,6,14H2,1-5H3,(H,27,28). The van der Waals surface area contributed by atoms with Crippen LogP contribution in [0.15, 0.2) is 57.4 Å². The van der Waals surface area contributed by atoms with Crippen LogP contribution in [-0.4, -0.2) is 24.8 Å². The van der Waals surface area contributed by atoms with Crippen molar-refractivity contribution in [2.24, 2.45) is 15.0 Å². The number of rotatable bonds is 5. The van der Waals surface area contributed by atoms with Crippen molar-refractivity contribution in [3.05, 3.63) is 64.7 Å². The summed E-state index contributed by atoms with van der Waals surface area (Å²) in [5, 5.41) is 3.01. The molecule has 0 fully saturated rings. The average molecular weight is 377 g/mol. The Labute approximate surface area is 167 Å². The molecule has 2 rings (SSSR count). The number of hydrogen-bond acceptors (Lipinski definition) is 2. The lowest BCUT2D eigenvalue weighted by atomic mass is 9.86. The first kappa shape index (κ1) is 21.2. The maximum absolute atomic E-state index is 12.6. The molecule has 28 heavy (non-hydrogen) atoms. The summed E-state index contributed by atoms with van der Waals surface area (Å²) in [4.78, 5) is 24.7. The first-order valence-corrected chi connectivity index (χ1v) is 9.22. The Morgan fingerprint density at radius 2 is 1.82 bits per heavy atom. The molecule has 2 aromatic rings. The van der Waals surface area contributed by atoms with Crippen LogP contribution in [0.25, 0.3) is 0 Å². The fourth-order valence-electron chi connectivity index (χ4n) is 2.67. The number of amides is 1. The fraction of sp³-hybridized carbons (Fsp3) is 0.304. The molecule has 5 nitrogen and oxygen atoms in total. The van der Waals surface area contributed by atoms with E-state index in [1.807, 2.05) is 56.3 Å². The molecule has 0 saturated carbocycles. The molecule has 0 aliphatic carbocycles. The number of benzene rings is 2. The highest BCUT2D eigenvalue weighted by Gasteiger charge is 2.15. The first-order valence-electron chi connectivity index (χ1n) is 9.22. The van der Waals surface area contributed by atoms with Crippen molar-refractivity contribution in [2.45, 2.75) is 46.6 Å². The van der Waals surface area contributed by atoms with Gasteiger partial charge < -0.3 is 5.32 Å². The van der Waals surface area contributed by atoms with E-state index in [9.17, 15) is 4.79 Å². The zero-order valence-corrected chi connectivity index (χ0v) is 17.3. The molecule has 0 heterocycles. The van der Waals surface area contributed by atoms with E-state index in [4.69, 9.17) is 0 Å². The number of hydrogen-bond donors (Lipinski definition) is 1. The van der Waals surface area contributed by atoms with Crippen molar-refractivity contribution in [1.82, 2.24) is 0 Å². The Kier molecular flexibility index (Phi) is 6.99. The van der Waals surface area contributed by atoms with Gasteiger partial charge in [-0.2, -0.15) is 0 Å². The molecule has 0 bridgehead atoms. The van der Waals surface area contributed by atoms with Gasteiger partial charge in [-0.3, -0.25) is 14.8 Å². The number of carbonyl (C=O) groups is 1. The SMILES string of the molecule is C=NC=NC(C)=NCc1cccc(NC(=O)c2ccc(C(C)(C)C)cc2)c1C. The van der Waals surface area contributed by atoms with E-state index < -0.39 is 0 Å². The Morgan fingerprint density at radius 1 is 1.14 bits per heavy atom. The summed E-state index contributed by atoms with van der Waals surface area (Å²) in [7, 11) is 0. The van der Waals surface area contributed by atoms with Crippen LogP contribution in [0, 0.1) is 6.92 Å². The van der Waals surface area contributed by atoms with Gasteiger partial charge in [-0.15, -0.1) is 0 Å². The van der Waals surface area contributed by atoms with Gasteiger partial charge in [-0.1, -0.05) is 45.0 Å². The largest absolute Gasteiger partial charge is 0.322 e. The molecule has 2 aromatic carbocycles. The average Bonchev–Trinajstić information content (AvgIpc) is 2.66. The molecule has 5 heteroatoms. The molecular formula is C23H28N4O. The van der Waals surface area contributed by atoms with Crippen molar-refractivity contribution in [2.75, 3.05) is 5.32 Å². The third-order valence-electron chi connectivity index (χ3n) is 4.51. The molecule has 146 valence electrons. The highest BCUT2D eigenvalue weighted by Crippen LogP contribution is 2.23. The van der Waals surface area contributed by atoms with E-state index in [1.165, 1.54) is 11.9 Å². The van der Waals surface area contributed by atoms with Gasteiger partial charge in [-0.25, -0.2) is 4.99 Å². The number of carbonyl (C=O) groups excluding carboxylic acids is 1. The normalized spacial score (nSPS) is 12.2. The van der Waals surface area contributed by atoms with E-state index >= 15 is 0 Å². The maximum atomic E-state index is 12.6. The van der Waals surface area contributed by atoms with Gasteiger partial charge in [-0.05, 0) is 60.9 Å². The number of aliphatic imine (C=N–C) groups is 3. The second kappa shape index (κ2) is 9.22. The summed E-state index contributed by atoms with van der Waals surface area (Å²) < 4.78 is 0. The van der Waals surface area contributed by atoms with Crippen molar-refractivity contribution >= 4 is 30.5 Å². The lowest BCUT2D eigenvalue weighted by Gasteiger charge is -2.19. The molecule has 0 atom stereocenters. The van der Waals surface area contributed by atoms with E-state index in [0.717, 1.165) is 16.8 Å². The molecule has 0 aliphatic heterocycles. The number of nitrogens with one attached hydrogen (secondary N) is 1. The van der Waals surface area contributed by atoms with Crippen LogP contribution in [0.5, 0.6) is 0 Å². The molecule has 1 N–H and O–H groups in total. The van der Waals surface area contributed by atoms with Gasteiger partial charge in [0.2, 0.25) is 0 Å². The highest BCUT2D eigenvalue weighted by atomic mass is 16.1. The summed E-state index contributed by atoms with van der Waals surface area (Å²) in [6.45, 7) is 14.1. The number of anilines is 1. The van der Waals surface area contributed by atoms with Gasteiger partial charge in [0.05, 0.1) is 6.54 Å². The van der Waals surface area contributed by atoms with Gasteiger partial charge in [0.15, 0.2) is 0 Å². The van der Waals surface area contributed by atoms with E-state index in [2.05, 4.69) is 47.8 Å². The summed E-state index contributed by atoms with van der Waals surface area (Å²) >= 11 is 0. The highest BCUT2D eigenvalue weighted by molar-refractivity contribution is 6.04. The van der Waals surface area contributed by atoms with Crippen LogP contribution >= 0.6 is 0 Å². The zero-order chi connectivity index (χ0) is 20.7. The van der Waals surface area contributed by atoms with Gasteiger partial charge in [0.25, 0.3) is 5.91 Å². The Morgan fingerprint density at radius 3 is 2.43 bits per heavy atom. The fourth-order valence-corrected chi connectivity index (χ4v) is 2.67. The Bertz CT molecular complexity index is 903. The molecule has 0 radical (unpaired) electrons. The van der Waals surface area contributed by atoms with E-state index in [1.54, 1.807) is 0 Å². The number of amidine groups is 1. The van der Waals surface area contributed by atoms with E-state index in [0.29, 0.717) is 17.9 Å². The molecule has 0 aliphatic rings. The third kappa shape index (κ3) is 5.71. The molecule has 0 aromatic heterocycles. The van der Waals surface area contributed by atoms with Crippen LogP contribution in [0.1, 0.15) is 54.7 Å². The smallest absolute Gasteiger partial charge is 0.255 e. The predicted octanol–water partition coefficient (Wildman–Crippen LogP) is 5.19. The minimum Gasteiger partial charge on any atom is -0.322 e. The second-order valence-electron chi connectivity index (χ2n) is 7.66. The molecule has 0 unspecified atom stereocenters. The first-order chi connectivity index (χ1) is 13.2. The monoisotopic (exact) mass is 376 g/mol. The lowest BCUT2D eigenvalue weighted by molar-refractivity contribution is 0.102. The summed E-state index contributed by atoms with van der Waals surface area (Å²) in [6, 6.07) is 13.6. The molecule has 0 saturated heterocycles. The third-order valence-corrected chi connectivity index (χ3v) is 4.51. The van der Waals surface area contributed by atoms with Crippen LogP contribution in [0.4, 0.5) is 5.69 Å². The molecule has 1 amide bonds. The summed E-state index contributed by atoms with van der Waals surface area (Å²) in [5.41, 5.74) is 4.70. The van der Waals surface area contributed by atoms with Crippen molar-refractivity contribution in [3.8, 4) is 0 Å². The van der Waals surface area contributed by atoms with Crippen LogP contribution in [0.2, 0.25) is 0 Å². The second-order valence-corrected chi connectivity index (χ2v) is 7.66. The minimum absolute atomic E-state index is 0.0599. The predicted molar refractivity (Wildman–Crippen MR) is 119 cm³/mol. The molecule has 0 spiro atoms. The molecular weight excluding hydrogens is 348 g/mol. The van der Waals surface area contributed by atoms with Crippen molar-refractivity contribution in [3.63, 3.8) is 0 Å². The maximum Gasteiger partial charge on any atom is 0.255 e. The van der Waals surface area contributed by atoms with Crippen LogP contribution < -0.4 is 5.32 Å². The zero-order valence-electron chi connectivity index (χ0n) is 17.3. The van der Waals surface area contributed by atoms with Crippen LogP contribution in [0.3, 0.4) is 0 Å². The minimum atomic E-state index is -0.123. The summed E-state index contributed by atoms with van der Waals surface area (Å²) in [5.74, 6) is 0.502. The van der Waals surface area contributed by atoms with Gasteiger partial charge in [0.1, 0.15) is 12.2 Å². The topological polar surface area (TPSA) is 66.2 Å². The number of nitrogens with zero attached hydrogens (tertiary/aromatic N) is 3. The lowest BCUT2D eigenvalue weighted by Crippen LogP contribution is -2.15. The Hall–Kier alpha value is -3.08. The Balaban J connectivity index is 2.15.